The molecule has 0 bridgehead atoms. The van der Waals surface area contributed by atoms with E-state index < -0.39 is 0 Å². The van der Waals surface area contributed by atoms with E-state index in [1.165, 1.54) is 25.5 Å². The van der Waals surface area contributed by atoms with Crippen molar-refractivity contribution in [2.45, 2.75) is 26.7 Å². The lowest BCUT2D eigenvalue weighted by molar-refractivity contribution is -0.119. The van der Waals surface area contributed by atoms with Crippen molar-refractivity contribution in [3.63, 3.8) is 0 Å². The Bertz CT molecular complexity index is 497. The van der Waals surface area contributed by atoms with Crippen LogP contribution in [0.2, 0.25) is 0 Å². The maximum atomic E-state index is 11.1. The van der Waals surface area contributed by atoms with Gasteiger partial charge in [-0.2, -0.15) is 0 Å². The predicted molar refractivity (Wildman–Crippen MR) is 72.0 cm³/mol. The van der Waals surface area contributed by atoms with Crippen molar-refractivity contribution < 1.29 is 9.59 Å². The largest absolute Gasteiger partial charge is 0.294 e. The first-order valence-corrected chi connectivity index (χ1v) is 5.85. The lowest BCUT2D eigenvalue weighted by Gasteiger charge is -1.95. The molecule has 0 aromatic heterocycles. The third kappa shape index (κ3) is 4.80. The van der Waals surface area contributed by atoms with E-state index in [-0.39, 0.29) is 17.1 Å². The highest BCUT2D eigenvalue weighted by Gasteiger charge is 2.07. The Morgan fingerprint density at radius 3 is 2.28 bits per heavy atom. The molecule has 0 saturated carbocycles. The fourth-order valence-corrected chi connectivity index (χ4v) is 1.50. The second kappa shape index (κ2) is 7.24. The molecule has 0 aliphatic carbocycles. The van der Waals surface area contributed by atoms with Crippen LogP contribution in [-0.4, -0.2) is 11.6 Å². The summed E-state index contributed by atoms with van der Waals surface area (Å²) in [4.78, 5) is 22.2. The number of benzene rings is 1. The molecule has 0 amide bonds. The SMILES string of the molecule is CC(=O)C(=CC#CCCc1ccccc1)C(C)=O. The maximum Gasteiger partial charge on any atom is 0.164 e. The van der Waals surface area contributed by atoms with Crippen LogP contribution in [-0.2, 0) is 16.0 Å². The fourth-order valence-electron chi connectivity index (χ4n) is 1.50. The zero-order valence-corrected chi connectivity index (χ0v) is 10.7. The molecule has 0 aliphatic heterocycles. The highest BCUT2D eigenvalue weighted by atomic mass is 16.1. The van der Waals surface area contributed by atoms with E-state index in [4.69, 9.17) is 0 Å². The number of hydrogen-bond donors (Lipinski definition) is 0. The van der Waals surface area contributed by atoms with Gasteiger partial charge in [-0.25, -0.2) is 0 Å². The van der Waals surface area contributed by atoms with Gasteiger partial charge in [0.1, 0.15) is 0 Å². The van der Waals surface area contributed by atoms with Crippen molar-refractivity contribution in [2.24, 2.45) is 0 Å². The fraction of sp³-hybridized carbons (Fsp3) is 0.250. The molecule has 0 aliphatic rings. The zero-order valence-electron chi connectivity index (χ0n) is 10.7. The molecule has 0 unspecified atom stereocenters. The molecule has 18 heavy (non-hydrogen) atoms. The summed E-state index contributed by atoms with van der Waals surface area (Å²) in [6, 6.07) is 10.1. The minimum Gasteiger partial charge on any atom is -0.294 e. The summed E-state index contributed by atoms with van der Waals surface area (Å²) in [5.74, 6) is 5.24. The van der Waals surface area contributed by atoms with E-state index in [9.17, 15) is 9.59 Å². The number of carbonyl (C=O) groups is 2. The van der Waals surface area contributed by atoms with E-state index in [0.29, 0.717) is 6.42 Å². The average Bonchev–Trinajstić information content (AvgIpc) is 2.34. The summed E-state index contributed by atoms with van der Waals surface area (Å²) in [6.07, 6.45) is 3.00. The van der Waals surface area contributed by atoms with Crippen LogP contribution in [0.3, 0.4) is 0 Å². The Hall–Kier alpha value is -2.14. The summed E-state index contributed by atoms with van der Waals surface area (Å²) in [6.45, 7) is 2.75. The lowest BCUT2D eigenvalue weighted by atomic mass is 10.1. The lowest BCUT2D eigenvalue weighted by Crippen LogP contribution is -2.05. The van der Waals surface area contributed by atoms with Gasteiger partial charge in [0, 0.05) is 12.5 Å². The highest BCUT2D eigenvalue weighted by molar-refractivity contribution is 6.18. The van der Waals surface area contributed by atoms with Crippen LogP contribution in [0.4, 0.5) is 0 Å². The van der Waals surface area contributed by atoms with E-state index in [1.54, 1.807) is 0 Å². The summed E-state index contributed by atoms with van der Waals surface area (Å²) in [7, 11) is 0. The number of rotatable bonds is 4. The van der Waals surface area contributed by atoms with Crippen molar-refractivity contribution >= 4 is 11.6 Å². The van der Waals surface area contributed by atoms with E-state index >= 15 is 0 Å². The van der Waals surface area contributed by atoms with E-state index in [0.717, 1.165) is 6.42 Å². The molecular weight excluding hydrogens is 224 g/mol. The molecule has 0 heterocycles. The summed E-state index contributed by atoms with van der Waals surface area (Å²) in [5, 5.41) is 0. The van der Waals surface area contributed by atoms with Crippen LogP contribution in [0.1, 0.15) is 25.8 Å². The molecular formula is C16H16O2. The molecule has 2 nitrogen and oxygen atoms in total. The zero-order chi connectivity index (χ0) is 13.4. The Kier molecular flexibility index (Phi) is 5.60. The number of ketones is 2. The molecule has 1 aromatic carbocycles. The van der Waals surface area contributed by atoms with Gasteiger partial charge in [0.05, 0.1) is 5.57 Å². The van der Waals surface area contributed by atoms with Crippen LogP contribution in [0.5, 0.6) is 0 Å². The normalized spacial score (nSPS) is 9.00. The highest BCUT2D eigenvalue weighted by Crippen LogP contribution is 2.01. The van der Waals surface area contributed by atoms with Gasteiger partial charge in [-0.1, -0.05) is 42.2 Å². The first kappa shape index (κ1) is 13.9. The van der Waals surface area contributed by atoms with Gasteiger partial charge in [-0.3, -0.25) is 9.59 Å². The third-order valence-electron chi connectivity index (χ3n) is 2.46. The smallest absolute Gasteiger partial charge is 0.164 e. The van der Waals surface area contributed by atoms with Gasteiger partial charge in [0.2, 0.25) is 0 Å². The van der Waals surface area contributed by atoms with Gasteiger partial charge in [0.25, 0.3) is 0 Å². The Balaban J connectivity index is 2.54. The molecule has 0 saturated heterocycles. The predicted octanol–water partition coefficient (Wildman–Crippen LogP) is 2.73. The van der Waals surface area contributed by atoms with Crippen molar-refractivity contribution in [3.05, 3.63) is 47.5 Å². The summed E-state index contributed by atoms with van der Waals surface area (Å²) in [5.41, 5.74) is 1.40. The second-order valence-corrected chi connectivity index (χ2v) is 3.98. The summed E-state index contributed by atoms with van der Waals surface area (Å²) >= 11 is 0. The van der Waals surface area contributed by atoms with Crippen molar-refractivity contribution in [3.8, 4) is 11.8 Å². The van der Waals surface area contributed by atoms with Crippen LogP contribution in [0, 0.1) is 11.8 Å². The van der Waals surface area contributed by atoms with Gasteiger partial charge >= 0.3 is 0 Å². The van der Waals surface area contributed by atoms with Crippen LogP contribution < -0.4 is 0 Å². The number of carbonyl (C=O) groups excluding carboxylic acids is 2. The topological polar surface area (TPSA) is 34.1 Å². The molecule has 0 N–H and O–H groups in total. The van der Waals surface area contributed by atoms with Gasteiger partial charge in [-0.05, 0) is 25.8 Å². The maximum absolute atomic E-state index is 11.1. The van der Waals surface area contributed by atoms with E-state index in [1.807, 2.05) is 30.3 Å². The number of aryl methyl sites for hydroxylation is 1. The number of hydrogen-bond acceptors (Lipinski definition) is 2. The average molecular weight is 240 g/mol. The first-order valence-electron chi connectivity index (χ1n) is 5.85. The van der Waals surface area contributed by atoms with Gasteiger partial charge < -0.3 is 0 Å². The molecule has 0 fully saturated rings. The number of Topliss-reactive ketones (excluding diaryl/α,β-unsaturated/α-hetero) is 2. The minimum atomic E-state index is -0.236. The van der Waals surface area contributed by atoms with Crippen molar-refractivity contribution in [1.82, 2.24) is 0 Å². The monoisotopic (exact) mass is 240 g/mol. The standard InChI is InChI=1S/C16H16O2/c1-13(17)16(14(2)18)12-8-4-7-11-15-9-5-3-6-10-15/h3,5-6,9-10,12H,7,11H2,1-2H3. The third-order valence-corrected chi connectivity index (χ3v) is 2.46. The molecule has 0 spiro atoms. The van der Waals surface area contributed by atoms with Crippen LogP contribution in [0.25, 0.3) is 0 Å². The van der Waals surface area contributed by atoms with Gasteiger partial charge in [0.15, 0.2) is 11.6 Å². The minimum absolute atomic E-state index is 0.169. The summed E-state index contributed by atoms with van der Waals surface area (Å²) < 4.78 is 0. The number of allylic oxidation sites excluding steroid dienone is 2. The molecule has 92 valence electrons. The van der Waals surface area contributed by atoms with Crippen LogP contribution in [0.15, 0.2) is 42.0 Å². The Labute approximate surface area is 108 Å². The van der Waals surface area contributed by atoms with Gasteiger partial charge in [-0.15, -0.1) is 0 Å². The quantitative estimate of drug-likeness (QED) is 0.351. The first-order chi connectivity index (χ1) is 8.61. The Morgan fingerprint density at radius 1 is 1.11 bits per heavy atom. The molecule has 1 aromatic rings. The molecule has 0 atom stereocenters. The second-order valence-electron chi connectivity index (χ2n) is 3.98. The molecule has 2 heteroatoms. The molecule has 0 radical (unpaired) electrons. The van der Waals surface area contributed by atoms with E-state index in [2.05, 4.69) is 11.8 Å². The Morgan fingerprint density at radius 2 is 1.72 bits per heavy atom. The van der Waals surface area contributed by atoms with Crippen molar-refractivity contribution in [2.75, 3.05) is 0 Å². The van der Waals surface area contributed by atoms with Crippen LogP contribution >= 0.6 is 0 Å². The molecule has 1 rings (SSSR count). The van der Waals surface area contributed by atoms with Crippen molar-refractivity contribution in [1.29, 1.82) is 0 Å².